The van der Waals surface area contributed by atoms with E-state index < -0.39 is 0 Å². The first-order valence-corrected chi connectivity index (χ1v) is 2.84. The topological polar surface area (TPSA) is 29.1 Å². The minimum atomic E-state index is 0.716. The molecule has 1 aliphatic rings. The maximum absolute atomic E-state index is 9.89. The van der Waals surface area contributed by atoms with E-state index in [-0.39, 0.29) is 0 Å². The summed E-state index contributed by atoms with van der Waals surface area (Å²) in [4.78, 5) is 9.89. The molecule has 1 rings (SSSR count). The molecule has 2 nitrogen and oxygen atoms in total. The second-order valence-corrected chi connectivity index (χ2v) is 2.01. The van der Waals surface area contributed by atoms with E-state index in [9.17, 15) is 4.79 Å². The molecule has 0 fully saturated rings. The van der Waals surface area contributed by atoms with E-state index in [1.807, 2.05) is 5.41 Å². The fraction of sp³-hybridized carbons (Fsp3) is 0.250. The van der Waals surface area contributed by atoms with Gasteiger partial charge < -0.3 is 0 Å². The highest BCUT2D eigenvalue weighted by Crippen LogP contribution is 2.07. The molecule has 0 saturated carbocycles. The van der Waals surface area contributed by atoms with Crippen LogP contribution in [-0.2, 0) is 4.79 Å². The van der Waals surface area contributed by atoms with E-state index in [1.165, 1.54) is 11.9 Å². The van der Waals surface area contributed by atoms with Crippen LogP contribution in [0.15, 0.2) is 11.0 Å². The highest BCUT2D eigenvalue weighted by atomic mass is 32.2. The molecule has 0 bridgehead atoms. The van der Waals surface area contributed by atoms with Crippen molar-refractivity contribution in [2.45, 2.75) is 0 Å². The number of carbonyl (C=O) groups is 1. The highest BCUT2D eigenvalue weighted by Gasteiger charge is 1.99. The Hall–Kier alpha value is -0.280. The van der Waals surface area contributed by atoms with E-state index in [0.717, 1.165) is 11.9 Å². The third kappa shape index (κ3) is 1.04. The van der Waals surface area contributed by atoms with E-state index >= 15 is 0 Å². The molecule has 1 aliphatic heterocycles. The van der Waals surface area contributed by atoms with Crippen LogP contribution in [0.4, 0.5) is 0 Å². The molecule has 38 valence electrons. The van der Waals surface area contributed by atoms with Gasteiger partial charge in [-0.2, -0.15) is 0 Å². The van der Waals surface area contributed by atoms with Gasteiger partial charge in [0, 0.05) is 12.1 Å². The summed E-state index contributed by atoms with van der Waals surface area (Å²) in [6.07, 6.45) is 0.868. The molecule has 0 amide bonds. The van der Waals surface area contributed by atoms with Crippen LogP contribution >= 0.6 is 11.9 Å². The summed E-state index contributed by atoms with van der Waals surface area (Å²) in [5.41, 5.74) is 0.838. The minimum absolute atomic E-state index is 0.716. The van der Waals surface area contributed by atoms with Crippen LogP contribution in [0.3, 0.4) is 0 Å². The van der Waals surface area contributed by atoms with E-state index in [1.54, 1.807) is 0 Å². The summed E-state index contributed by atoms with van der Waals surface area (Å²) in [5.74, 6) is 0. The normalized spacial score (nSPS) is 19.1. The maximum atomic E-state index is 9.89. The lowest BCUT2D eigenvalue weighted by Gasteiger charge is -1.81. The molecule has 0 radical (unpaired) electrons. The van der Waals surface area contributed by atoms with Gasteiger partial charge in [-0.3, -0.25) is 9.52 Å². The number of rotatable bonds is 1. The van der Waals surface area contributed by atoms with Crippen molar-refractivity contribution in [1.29, 1.82) is 0 Å². The van der Waals surface area contributed by atoms with Gasteiger partial charge in [-0.25, -0.2) is 0 Å². The third-order valence-electron chi connectivity index (χ3n) is 0.721. The Bertz CT molecular complexity index is 110. The van der Waals surface area contributed by atoms with Crippen LogP contribution in [0.2, 0.25) is 0 Å². The van der Waals surface area contributed by atoms with Crippen molar-refractivity contribution >= 4 is 18.2 Å². The quantitative estimate of drug-likeness (QED) is 0.394. The fourth-order valence-corrected chi connectivity index (χ4v) is 0.977. The Morgan fingerprint density at radius 3 is 3.14 bits per heavy atom. The summed E-state index contributed by atoms with van der Waals surface area (Å²) in [6, 6.07) is 0. The first-order chi connectivity index (χ1) is 3.43. The summed E-state index contributed by atoms with van der Waals surface area (Å²) < 4.78 is 2.92. The molecule has 0 aromatic carbocycles. The van der Waals surface area contributed by atoms with Crippen LogP contribution < -0.4 is 4.72 Å². The Balaban J connectivity index is 2.51. The van der Waals surface area contributed by atoms with Crippen molar-refractivity contribution in [1.82, 2.24) is 4.72 Å². The van der Waals surface area contributed by atoms with Gasteiger partial charge in [0.1, 0.15) is 6.29 Å². The van der Waals surface area contributed by atoms with Crippen LogP contribution in [0.25, 0.3) is 0 Å². The lowest BCUT2D eigenvalue weighted by Crippen LogP contribution is -1.99. The second-order valence-electron chi connectivity index (χ2n) is 1.25. The number of carbonyl (C=O) groups excluding carboxylic acids is 1. The van der Waals surface area contributed by atoms with Crippen LogP contribution in [0.1, 0.15) is 0 Å². The maximum Gasteiger partial charge on any atom is 0.147 e. The monoisotopic (exact) mass is 115 g/mol. The van der Waals surface area contributed by atoms with Gasteiger partial charge in [-0.1, -0.05) is 11.9 Å². The SMILES string of the molecule is O=CC1=CSNC1. The zero-order valence-corrected chi connectivity index (χ0v) is 4.49. The largest absolute Gasteiger partial charge is 0.298 e. The lowest BCUT2D eigenvalue weighted by atomic mass is 10.4. The first kappa shape index (κ1) is 4.87. The van der Waals surface area contributed by atoms with Gasteiger partial charge >= 0.3 is 0 Å². The molecule has 7 heavy (non-hydrogen) atoms. The number of aldehydes is 1. The third-order valence-corrected chi connectivity index (χ3v) is 1.45. The van der Waals surface area contributed by atoms with Crippen LogP contribution in [0.5, 0.6) is 0 Å². The van der Waals surface area contributed by atoms with Gasteiger partial charge in [0.15, 0.2) is 0 Å². The summed E-state index contributed by atoms with van der Waals surface area (Å²) in [5, 5.41) is 1.81. The summed E-state index contributed by atoms with van der Waals surface area (Å²) >= 11 is 1.46. The molecule has 0 unspecified atom stereocenters. The average molecular weight is 115 g/mol. The minimum Gasteiger partial charge on any atom is -0.298 e. The zero-order chi connectivity index (χ0) is 5.11. The van der Waals surface area contributed by atoms with Crippen molar-refractivity contribution in [3.8, 4) is 0 Å². The van der Waals surface area contributed by atoms with E-state index in [2.05, 4.69) is 4.72 Å². The Labute approximate surface area is 46.1 Å². The molecular formula is C4H5NOS. The average Bonchev–Trinajstić information content (AvgIpc) is 2.14. The predicted molar refractivity (Wildman–Crippen MR) is 29.7 cm³/mol. The van der Waals surface area contributed by atoms with Gasteiger partial charge in [-0.05, 0) is 5.41 Å². The van der Waals surface area contributed by atoms with Crippen molar-refractivity contribution in [3.63, 3.8) is 0 Å². The number of hydrogen-bond donors (Lipinski definition) is 1. The van der Waals surface area contributed by atoms with Gasteiger partial charge in [-0.15, -0.1) is 0 Å². The summed E-state index contributed by atoms with van der Waals surface area (Å²) in [7, 11) is 0. The van der Waals surface area contributed by atoms with Gasteiger partial charge in [0.05, 0.1) is 0 Å². The molecule has 0 aliphatic carbocycles. The zero-order valence-electron chi connectivity index (χ0n) is 3.68. The highest BCUT2D eigenvalue weighted by molar-refractivity contribution is 8.00. The first-order valence-electron chi connectivity index (χ1n) is 1.96. The molecule has 0 aromatic heterocycles. The lowest BCUT2D eigenvalue weighted by molar-refractivity contribution is -0.104. The van der Waals surface area contributed by atoms with Crippen molar-refractivity contribution < 1.29 is 4.79 Å². The number of hydrogen-bond acceptors (Lipinski definition) is 3. The van der Waals surface area contributed by atoms with Crippen LogP contribution in [-0.4, -0.2) is 12.8 Å². The van der Waals surface area contributed by atoms with Crippen molar-refractivity contribution in [2.24, 2.45) is 0 Å². The Morgan fingerprint density at radius 2 is 2.86 bits per heavy atom. The van der Waals surface area contributed by atoms with Crippen molar-refractivity contribution in [2.75, 3.05) is 6.54 Å². The molecule has 1 heterocycles. The molecule has 1 N–H and O–H groups in total. The smallest absolute Gasteiger partial charge is 0.147 e. The molecule has 0 saturated heterocycles. The van der Waals surface area contributed by atoms with E-state index in [4.69, 9.17) is 0 Å². The van der Waals surface area contributed by atoms with Gasteiger partial charge in [0.25, 0.3) is 0 Å². The Kier molecular flexibility index (Phi) is 1.49. The standard InChI is InChI=1S/C4H5NOS/c6-2-4-1-5-7-3-4/h2-3,5H,1H2. The Morgan fingerprint density at radius 1 is 2.00 bits per heavy atom. The molecule has 0 aromatic rings. The van der Waals surface area contributed by atoms with Crippen LogP contribution in [0, 0.1) is 0 Å². The van der Waals surface area contributed by atoms with Gasteiger partial charge in [0.2, 0.25) is 0 Å². The fourth-order valence-electron chi connectivity index (χ4n) is 0.353. The molecule has 3 heteroatoms. The van der Waals surface area contributed by atoms with E-state index in [0.29, 0.717) is 6.54 Å². The molecule has 0 spiro atoms. The second kappa shape index (κ2) is 2.14. The summed E-state index contributed by atoms with van der Waals surface area (Å²) in [6.45, 7) is 0.716. The number of nitrogens with one attached hydrogen (secondary N) is 1. The molecule has 0 atom stereocenters. The van der Waals surface area contributed by atoms with Crippen molar-refractivity contribution in [3.05, 3.63) is 11.0 Å². The molecular weight excluding hydrogens is 110 g/mol. The predicted octanol–water partition coefficient (Wildman–Crippen LogP) is 0.321.